The molecule has 0 N–H and O–H groups in total. The number of halogens is 1. The first-order valence-corrected chi connectivity index (χ1v) is 8.34. The van der Waals surface area contributed by atoms with Gasteiger partial charge >= 0.3 is 0 Å². The third kappa shape index (κ3) is 2.98. The molecule has 0 unspecified atom stereocenters. The van der Waals surface area contributed by atoms with Gasteiger partial charge in [-0.05, 0) is 42.1 Å². The highest BCUT2D eigenvalue weighted by Gasteiger charge is 2.42. The molecule has 1 aliphatic rings. The van der Waals surface area contributed by atoms with Crippen molar-refractivity contribution < 1.29 is 9.53 Å². The molecular weight excluding hydrogens is 320 g/mol. The number of carbonyl (C=O) groups is 1. The fourth-order valence-electron chi connectivity index (χ4n) is 3.02. The fraction of sp³-hybridized carbons (Fsp3) is 0.733. The molecule has 2 rings (SSSR count). The average molecular weight is 343 g/mol. The highest BCUT2D eigenvalue weighted by molar-refractivity contribution is 9.10. The number of aromatic nitrogens is 2. The maximum atomic E-state index is 13.1. The van der Waals surface area contributed by atoms with E-state index in [4.69, 9.17) is 4.74 Å². The zero-order chi connectivity index (χ0) is 14.6. The Balaban J connectivity index is 2.34. The Kier molecular flexibility index (Phi) is 5.38. The third-order valence-electron chi connectivity index (χ3n) is 3.94. The summed E-state index contributed by atoms with van der Waals surface area (Å²) in [5.41, 5.74) is 0.0309. The molecule has 0 atom stereocenters. The van der Waals surface area contributed by atoms with E-state index >= 15 is 0 Å². The van der Waals surface area contributed by atoms with Gasteiger partial charge in [-0.3, -0.25) is 9.48 Å². The molecule has 0 amide bonds. The third-order valence-corrected chi connectivity index (χ3v) is 4.52. The lowest BCUT2D eigenvalue weighted by molar-refractivity contribution is -0.0417. The van der Waals surface area contributed by atoms with Crippen molar-refractivity contribution in [3.8, 4) is 0 Å². The van der Waals surface area contributed by atoms with Crippen LogP contribution in [0.1, 0.15) is 62.9 Å². The maximum Gasteiger partial charge on any atom is 0.213 e. The molecule has 4 nitrogen and oxygen atoms in total. The number of hydrogen-bond acceptors (Lipinski definition) is 3. The van der Waals surface area contributed by atoms with Crippen LogP contribution in [0.25, 0.3) is 0 Å². The fourth-order valence-corrected chi connectivity index (χ4v) is 3.50. The quantitative estimate of drug-likeness (QED) is 0.734. The highest BCUT2D eigenvalue weighted by Crippen LogP contribution is 2.36. The number of ketones is 1. The van der Waals surface area contributed by atoms with Gasteiger partial charge in [0.2, 0.25) is 5.78 Å². The van der Waals surface area contributed by atoms with E-state index in [1.165, 1.54) is 6.42 Å². The van der Waals surface area contributed by atoms with Crippen molar-refractivity contribution in [3.05, 3.63) is 16.4 Å². The zero-order valence-corrected chi connectivity index (χ0v) is 13.9. The van der Waals surface area contributed by atoms with Gasteiger partial charge in [-0.1, -0.05) is 26.2 Å². The molecule has 5 heteroatoms. The summed E-state index contributed by atoms with van der Waals surface area (Å²) in [4.78, 5) is 13.1. The van der Waals surface area contributed by atoms with Crippen molar-refractivity contribution in [2.24, 2.45) is 0 Å². The van der Waals surface area contributed by atoms with E-state index in [1.807, 2.05) is 11.6 Å². The number of ether oxygens (including phenoxy) is 1. The van der Waals surface area contributed by atoms with E-state index in [0.717, 1.165) is 43.1 Å². The summed E-state index contributed by atoms with van der Waals surface area (Å²) in [5, 5.41) is 4.31. The van der Waals surface area contributed by atoms with Crippen molar-refractivity contribution in [3.63, 3.8) is 0 Å². The molecule has 0 bridgehead atoms. The van der Waals surface area contributed by atoms with Crippen molar-refractivity contribution in [2.45, 2.75) is 64.5 Å². The minimum Gasteiger partial charge on any atom is -0.367 e. The smallest absolute Gasteiger partial charge is 0.213 e. The Morgan fingerprint density at radius 3 is 2.70 bits per heavy atom. The second kappa shape index (κ2) is 6.85. The Morgan fingerprint density at radius 2 is 2.10 bits per heavy atom. The van der Waals surface area contributed by atoms with E-state index in [-0.39, 0.29) is 5.78 Å². The average Bonchev–Trinajstić information content (AvgIpc) is 2.81. The van der Waals surface area contributed by atoms with Crippen LogP contribution in [-0.2, 0) is 11.3 Å². The van der Waals surface area contributed by atoms with Crippen molar-refractivity contribution in [2.75, 3.05) is 6.61 Å². The van der Waals surface area contributed by atoms with Gasteiger partial charge in [-0.15, -0.1) is 0 Å². The molecule has 0 aromatic carbocycles. The molecule has 1 heterocycles. The summed E-state index contributed by atoms with van der Waals surface area (Å²) in [6.07, 6.45) is 7.63. The topological polar surface area (TPSA) is 44.1 Å². The van der Waals surface area contributed by atoms with E-state index in [2.05, 4.69) is 28.0 Å². The van der Waals surface area contributed by atoms with E-state index in [1.54, 1.807) is 6.20 Å². The number of carbonyl (C=O) groups excluding carboxylic acids is 1. The molecule has 112 valence electrons. The molecule has 0 aliphatic heterocycles. The van der Waals surface area contributed by atoms with Crippen LogP contribution < -0.4 is 0 Å². The van der Waals surface area contributed by atoms with Gasteiger partial charge in [0.1, 0.15) is 11.3 Å². The van der Waals surface area contributed by atoms with Gasteiger partial charge in [-0.25, -0.2) is 0 Å². The molecule has 1 fully saturated rings. The maximum absolute atomic E-state index is 13.1. The molecule has 1 aliphatic carbocycles. The van der Waals surface area contributed by atoms with Crippen LogP contribution in [0.2, 0.25) is 0 Å². The van der Waals surface area contributed by atoms with Crippen LogP contribution in [0.5, 0.6) is 0 Å². The lowest BCUT2D eigenvalue weighted by Gasteiger charge is -2.35. The minimum absolute atomic E-state index is 0.0943. The van der Waals surface area contributed by atoms with Gasteiger partial charge in [0, 0.05) is 13.2 Å². The van der Waals surface area contributed by atoms with Crippen LogP contribution in [0.3, 0.4) is 0 Å². The summed E-state index contributed by atoms with van der Waals surface area (Å²) < 4.78 is 8.52. The standard InChI is InChI=1S/C15H23BrN2O2/c1-3-10-18-13(12(16)11-17-18)14(19)15(20-4-2)8-6-5-7-9-15/h11H,3-10H2,1-2H3. The Morgan fingerprint density at radius 1 is 1.40 bits per heavy atom. The van der Waals surface area contributed by atoms with E-state index < -0.39 is 5.60 Å². The van der Waals surface area contributed by atoms with Gasteiger partial charge in [0.25, 0.3) is 0 Å². The minimum atomic E-state index is -0.638. The molecule has 20 heavy (non-hydrogen) atoms. The van der Waals surface area contributed by atoms with Gasteiger partial charge < -0.3 is 4.74 Å². The lowest BCUT2D eigenvalue weighted by Crippen LogP contribution is -2.44. The molecule has 0 saturated heterocycles. The highest BCUT2D eigenvalue weighted by atomic mass is 79.9. The number of hydrogen-bond donors (Lipinski definition) is 0. The van der Waals surface area contributed by atoms with Crippen molar-refractivity contribution >= 4 is 21.7 Å². The monoisotopic (exact) mass is 342 g/mol. The van der Waals surface area contributed by atoms with Crippen LogP contribution in [0.15, 0.2) is 10.7 Å². The molecule has 1 saturated carbocycles. The van der Waals surface area contributed by atoms with Crippen LogP contribution >= 0.6 is 15.9 Å². The van der Waals surface area contributed by atoms with Crippen LogP contribution in [0.4, 0.5) is 0 Å². The Labute approximate surface area is 129 Å². The first-order chi connectivity index (χ1) is 9.64. The van der Waals surface area contributed by atoms with Crippen LogP contribution in [-0.4, -0.2) is 27.8 Å². The largest absolute Gasteiger partial charge is 0.367 e. The van der Waals surface area contributed by atoms with Crippen molar-refractivity contribution in [1.82, 2.24) is 9.78 Å². The summed E-state index contributed by atoms with van der Waals surface area (Å²) >= 11 is 3.47. The summed E-state index contributed by atoms with van der Waals surface area (Å²) in [6, 6.07) is 0. The summed E-state index contributed by atoms with van der Waals surface area (Å²) in [5.74, 6) is 0.0943. The predicted molar refractivity (Wildman–Crippen MR) is 82.0 cm³/mol. The number of nitrogens with zero attached hydrogens (tertiary/aromatic N) is 2. The lowest BCUT2D eigenvalue weighted by atomic mass is 9.80. The molecular formula is C15H23BrN2O2. The van der Waals surface area contributed by atoms with Crippen molar-refractivity contribution in [1.29, 1.82) is 0 Å². The second-order valence-electron chi connectivity index (χ2n) is 5.38. The van der Waals surface area contributed by atoms with E-state index in [9.17, 15) is 4.79 Å². The first kappa shape index (κ1) is 15.7. The summed E-state index contributed by atoms with van der Waals surface area (Å²) in [6.45, 7) is 5.38. The normalized spacial score (nSPS) is 18.1. The summed E-state index contributed by atoms with van der Waals surface area (Å²) in [7, 11) is 0. The van der Waals surface area contributed by atoms with Crippen LogP contribution in [0, 0.1) is 0 Å². The van der Waals surface area contributed by atoms with Gasteiger partial charge in [0.05, 0.1) is 10.7 Å². The predicted octanol–water partition coefficient (Wildman–Crippen LogP) is 3.98. The molecule has 0 radical (unpaired) electrons. The Hall–Kier alpha value is -0.680. The Bertz CT molecular complexity index is 459. The van der Waals surface area contributed by atoms with Gasteiger partial charge in [0.15, 0.2) is 0 Å². The molecule has 1 aromatic heterocycles. The first-order valence-electron chi connectivity index (χ1n) is 7.54. The zero-order valence-electron chi connectivity index (χ0n) is 12.3. The van der Waals surface area contributed by atoms with Gasteiger partial charge in [-0.2, -0.15) is 5.10 Å². The SMILES string of the molecule is CCCn1ncc(Br)c1C(=O)C1(OCC)CCCCC1. The number of Topliss-reactive ketones (excluding diaryl/α,β-unsaturated/α-hetero) is 1. The molecule has 0 spiro atoms. The number of rotatable bonds is 6. The second-order valence-corrected chi connectivity index (χ2v) is 6.24. The number of aryl methyl sites for hydroxylation is 1. The van der Waals surface area contributed by atoms with E-state index in [0.29, 0.717) is 12.3 Å². The molecule has 1 aromatic rings.